The normalized spacial score (nSPS) is 9.77. The molecule has 0 aliphatic heterocycles. The highest BCUT2D eigenvalue weighted by Gasteiger charge is 1.92. The molecule has 13 heavy (non-hydrogen) atoms. The van der Waals surface area contributed by atoms with Crippen molar-refractivity contribution in [3.05, 3.63) is 51.7 Å². The molecule has 64 valence electrons. The maximum absolute atomic E-state index is 9.98. The lowest BCUT2D eigenvalue weighted by molar-refractivity contribution is -0.400. The van der Waals surface area contributed by atoms with Gasteiger partial charge in [-0.05, 0) is 17.7 Å². The third kappa shape index (κ3) is 2.75. The van der Waals surface area contributed by atoms with Crippen molar-refractivity contribution < 1.29 is 4.92 Å². The summed E-state index contributed by atoms with van der Waals surface area (Å²) in [5.74, 6) is 0. The average molecular weight is 174 g/mol. The first-order valence-corrected chi connectivity index (χ1v) is 3.54. The third-order valence-electron chi connectivity index (χ3n) is 1.40. The first-order chi connectivity index (χ1) is 6.22. The second kappa shape index (κ2) is 4.02. The van der Waals surface area contributed by atoms with E-state index < -0.39 is 4.92 Å². The molecule has 1 aromatic rings. The minimum atomic E-state index is -0.543. The van der Waals surface area contributed by atoms with Gasteiger partial charge in [0.05, 0.1) is 16.6 Å². The van der Waals surface area contributed by atoms with E-state index in [0.717, 1.165) is 6.20 Å². The predicted octanol–water partition coefficient (Wildman–Crippen LogP) is 1.81. The highest BCUT2D eigenvalue weighted by atomic mass is 16.6. The number of rotatable bonds is 2. The largest absolute Gasteiger partial charge is 0.259 e. The summed E-state index contributed by atoms with van der Waals surface area (Å²) in [4.78, 5) is 9.44. The molecule has 0 amide bonds. The van der Waals surface area contributed by atoms with E-state index in [9.17, 15) is 10.1 Å². The minimum absolute atomic E-state index is 0.491. The van der Waals surface area contributed by atoms with Crippen LogP contribution in [0.2, 0.25) is 0 Å². The van der Waals surface area contributed by atoms with Crippen LogP contribution < -0.4 is 0 Å². The Kier molecular flexibility index (Phi) is 2.77. The highest BCUT2D eigenvalue weighted by Crippen LogP contribution is 2.05. The zero-order valence-electron chi connectivity index (χ0n) is 6.68. The van der Waals surface area contributed by atoms with Crippen molar-refractivity contribution >= 4 is 6.08 Å². The van der Waals surface area contributed by atoms with Crippen LogP contribution in [0.15, 0.2) is 30.5 Å². The Balaban J connectivity index is 2.91. The molecule has 0 radical (unpaired) electrons. The molecular weight excluding hydrogens is 168 g/mol. The van der Waals surface area contributed by atoms with E-state index in [4.69, 9.17) is 5.26 Å². The molecule has 0 heterocycles. The van der Waals surface area contributed by atoms with E-state index in [1.807, 2.05) is 6.07 Å². The number of nitriles is 1. The summed E-state index contributed by atoms with van der Waals surface area (Å²) < 4.78 is 0. The maximum Gasteiger partial charge on any atom is 0.235 e. The van der Waals surface area contributed by atoms with Gasteiger partial charge in [0.1, 0.15) is 0 Å². The van der Waals surface area contributed by atoms with Crippen LogP contribution in [0.1, 0.15) is 11.1 Å². The molecule has 4 nitrogen and oxygen atoms in total. The first-order valence-electron chi connectivity index (χ1n) is 3.54. The summed E-state index contributed by atoms with van der Waals surface area (Å²) >= 11 is 0. The molecule has 0 bridgehead atoms. The van der Waals surface area contributed by atoms with Gasteiger partial charge in [-0.15, -0.1) is 0 Å². The smallest absolute Gasteiger partial charge is 0.235 e. The fraction of sp³-hybridized carbons (Fsp3) is 0. The first kappa shape index (κ1) is 8.94. The lowest BCUT2D eigenvalue weighted by atomic mass is 10.1. The van der Waals surface area contributed by atoms with E-state index in [2.05, 4.69) is 0 Å². The zero-order chi connectivity index (χ0) is 9.68. The third-order valence-corrected chi connectivity index (χ3v) is 1.40. The molecule has 0 aliphatic carbocycles. The highest BCUT2D eigenvalue weighted by molar-refractivity contribution is 5.51. The molecule has 0 atom stereocenters. The Hall–Kier alpha value is -2.15. The maximum atomic E-state index is 9.98. The van der Waals surface area contributed by atoms with Gasteiger partial charge in [-0.25, -0.2) is 0 Å². The van der Waals surface area contributed by atoms with Crippen LogP contribution in [0, 0.1) is 21.4 Å². The molecule has 0 fully saturated rings. The van der Waals surface area contributed by atoms with Crippen molar-refractivity contribution in [1.82, 2.24) is 0 Å². The fourth-order valence-electron chi connectivity index (χ4n) is 0.859. The van der Waals surface area contributed by atoms with Gasteiger partial charge >= 0.3 is 0 Å². The van der Waals surface area contributed by atoms with Crippen LogP contribution in [-0.4, -0.2) is 4.92 Å². The second-order valence-corrected chi connectivity index (χ2v) is 2.34. The van der Waals surface area contributed by atoms with Crippen molar-refractivity contribution in [2.75, 3.05) is 0 Å². The van der Waals surface area contributed by atoms with Crippen LogP contribution in [0.4, 0.5) is 0 Å². The number of hydrogen-bond donors (Lipinski definition) is 0. The summed E-state index contributed by atoms with van der Waals surface area (Å²) in [5, 5.41) is 18.5. The van der Waals surface area contributed by atoms with Gasteiger partial charge in [0.25, 0.3) is 0 Å². The van der Waals surface area contributed by atoms with E-state index in [1.54, 1.807) is 24.3 Å². The summed E-state index contributed by atoms with van der Waals surface area (Å²) in [6.07, 6.45) is 2.19. The summed E-state index contributed by atoms with van der Waals surface area (Å²) in [6.45, 7) is 0. The van der Waals surface area contributed by atoms with Crippen LogP contribution in [-0.2, 0) is 0 Å². The van der Waals surface area contributed by atoms with Crippen molar-refractivity contribution in [3.8, 4) is 6.07 Å². The van der Waals surface area contributed by atoms with Gasteiger partial charge in [-0.2, -0.15) is 5.26 Å². The number of nitro groups is 1. The van der Waals surface area contributed by atoms with Gasteiger partial charge in [0, 0.05) is 6.08 Å². The van der Waals surface area contributed by atoms with Crippen LogP contribution in [0.3, 0.4) is 0 Å². The van der Waals surface area contributed by atoms with Crippen LogP contribution >= 0.6 is 0 Å². The molecule has 1 rings (SSSR count). The summed E-state index contributed by atoms with van der Waals surface area (Å²) in [5.41, 5.74) is 1.14. The van der Waals surface area contributed by atoms with E-state index >= 15 is 0 Å². The zero-order valence-corrected chi connectivity index (χ0v) is 6.68. The molecule has 0 spiro atoms. The van der Waals surface area contributed by atoms with E-state index in [-0.39, 0.29) is 0 Å². The van der Waals surface area contributed by atoms with Gasteiger partial charge in [-0.1, -0.05) is 12.1 Å². The van der Waals surface area contributed by atoms with Gasteiger partial charge in [0.15, 0.2) is 0 Å². The van der Waals surface area contributed by atoms with Crippen LogP contribution in [0.25, 0.3) is 6.08 Å². The summed E-state index contributed by atoms with van der Waals surface area (Å²) in [7, 11) is 0. The van der Waals surface area contributed by atoms with Gasteiger partial charge < -0.3 is 0 Å². The topological polar surface area (TPSA) is 66.9 Å². The number of benzene rings is 1. The van der Waals surface area contributed by atoms with Crippen molar-refractivity contribution in [3.63, 3.8) is 0 Å². The molecule has 0 saturated heterocycles. The Labute approximate surface area is 74.9 Å². The van der Waals surface area contributed by atoms with Gasteiger partial charge in [0.2, 0.25) is 6.20 Å². The quantitative estimate of drug-likeness (QED) is 0.507. The van der Waals surface area contributed by atoms with Crippen LogP contribution in [0.5, 0.6) is 0 Å². The molecule has 0 saturated carbocycles. The monoisotopic (exact) mass is 174 g/mol. The standard InChI is InChI=1S/C9H6N2O2/c10-7-9-3-1-2-8(6-9)4-5-11(12)13/h1-6H/b5-4+. The molecule has 1 aromatic carbocycles. The molecular formula is C9H6N2O2. The van der Waals surface area contributed by atoms with Crippen molar-refractivity contribution in [2.24, 2.45) is 0 Å². The fourth-order valence-corrected chi connectivity index (χ4v) is 0.859. The molecule has 4 heteroatoms. The predicted molar refractivity (Wildman–Crippen MR) is 47.2 cm³/mol. The Morgan fingerprint density at radius 2 is 2.31 bits per heavy atom. The van der Waals surface area contributed by atoms with E-state index in [0.29, 0.717) is 11.1 Å². The number of hydrogen-bond acceptors (Lipinski definition) is 3. The Morgan fingerprint density at radius 3 is 2.92 bits per heavy atom. The molecule has 0 aliphatic rings. The SMILES string of the molecule is N#Cc1cccc(/C=C/[N+](=O)[O-])c1. The molecule has 0 aromatic heterocycles. The van der Waals surface area contributed by atoms with Crippen molar-refractivity contribution in [1.29, 1.82) is 5.26 Å². The Bertz CT molecular complexity index is 391. The van der Waals surface area contributed by atoms with E-state index in [1.165, 1.54) is 6.08 Å². The molecule has 0 unspecified atom stereocenters. The summed E-state index contributed by atoms with van der Waals surface area (Å²) in [6, 6.07) is 8.55. The molecule has 0 N–H and O–H groups in total. The lowest BCUT2D eigenvalue weighted by Gasteiger charge is -1.90. The lowest BCUT2D eigenvalue weighted by Crippen LogP contribution is -1.82. The van der Waals surface area contributed by atoms with Gasteiger partial charge in [-0.3, -0.25) is 10.1 Å². The average Bonchev–Trinajstić information content (AvgIpc) is 2.15. The minimum Gasteiger partial charge on any atom is -0.259 e. The number of nitrogens with zero attached hydrogens (tertiary/aromatic N) is 2. The second-order valence-electron chi connectivity index (χ2n) is 2.34. The Morgan fingerprint density at radius 1 is 1.54 bits per heavy atom. The van der Waals surface area contributed by atoms with Crippen molar-refractivity contribution in [2.45, 2.75) is 0 Å².